The maximum absolute atomic E-state index is 14.3. The molecule has 0 fully saturated rings. The first-order valence-electron chi connectivity index (χ1n) is 8.83. The van der Waals surface area contributed by atoms with Crippen molar-refractivity contribution in [3.8, 4) is 11.1 Å². The first-order chi connectivity index (χ1) is 13.7. The Kier molecular flexibility index (Phi) is 5.19. The number of benzene rings is 3. The Balaban J connectivity index is 1.62. The van der Waals surface area contributed by atoms with E-state index < -0.39 is 0 Å². The number of amides is 1. The molecule has 1 amide bonds. The van der Waals surface area contributed by atoms with Gasteiger partial charge in [-0.1, -0.05) is 48.5 Å². The Morgan fingerprint density at radius 1 is 0.964 bits per heavy atom. The number of methoxy groups -OCH3 is 1. The van der Waals surface area contributed by atoms with Gasteiger partial charge < -0.3 is 10.1 Å². The number of carbonyl (C=O) groups is 1. The summed E-state index contributed by atoms with van der Waals surface area (Å²) in [5.41, 5.74) is 3.45. The summed E-state index contributed by atoms with van der Waals surface area (Å²) < 4.78 is 20.2. The molecule has 0 aliphatic heterocycles. The molecule has 140 valence electrons. The van der Waals surface area contributed by atoms with Crippen molar-refractivity contribution in [3.05, 3.63) is 89.1 Å². The lowest BCUT2D eigenvalue weighted by Crippen LogP contribution is -2.12. The summed E-state index contributed by atoms with van der Waals surface area (Å²) in [4.78, 5) is 13.3. The van der Waals surface area contributed by atoms with Crippen LogP contribution >= 0.6 is 11.3 Å². The summed E-state index contributed by atoms with van der Waals surface area (Å²) in [6.07, 6.45) is 0. The Morgan fingerprint density at radius 2 is 1.68 bits per heavy atom. The predicted octanol–water partition coefficient (Wildman–Crippen LogP) is 6.11. The highest BCUT2D eigenvalue weighted by atomic mass is 32.1. The van der Waals surface area contributed by atoms with Gasteiger partial charge in [-0.15, -0.1) is 11.3 Å². The van der Waals surface area contributed by atoms with Gasteiger partial charge in [0.1, 0.15) is 5.82 Å². The Bertz CT molecular complexity index is 1120. The number of hydrogen-bond acceptors (Lipinski definition) is 3. The molecule has 0 spiro atoms. The van der Waals surface area contributed by atoms with Gasteiger partial charge in [0, 0.05) is 28.4 Å². The van der Waals surface area contributed by atoms with Gasteiger partial charge in [0.2, 0.25) is 0 Å². The predicted molar refractivity (Wildman–Crippen MR) is 112 cm³/mol. The van der Waals surface area contributed by atoms with E-state index in [0.29, 0.717) is 21.5 Å². The quantitative estimate of drug-likeness (QED) is 0.446. The van der Waals surface area contributed by atoms with E-state index in [9.17, 15) is 9.18 Å². The molecule has 1 N–H and O–H groups in total. The van der Waals surface area contributed by atoms with Gasteiger partial charge in [0.25, 0.3) is 5.91 Å². The topological polar surface area (TPSA) is 38.3 Å². The van der Waals surface area contributed by atoms with E-state index in [4.69, 9.17) is 4.74 Å². The standard InChI is InChI=1S/C23H18FNO2S/c1-27-14-18-21-19(24)8-5-9-20(21)28-22(18)23(26)25-17-12-10-16(11-13-17)15-6-3-2-4-7-15/h2-13H,14H2,1H3,(H,25,26). The van der Waals surface area contributed by atoms with Crippen molar-refractivity contribution in [2.75, 3.05) is 12.4 Å². The van der Waals surface area contributed by atoms with Gasteiger partial charge in [-0.3, -0.25) is 4.79 Å². The Morgan fingerprint density at radius 3 is 2.39 bits per heavy atom. The van der Waals surface area contributed by atoms with Gasteiger partial charge in [-0.05, 0) is 35.4 Å². The molecule has 0 unspecified atom stereocenters. The lowest BCUT2D eigenvalue weighted by atomic mass is 10.1. The van der Waals surface area contributed by atoms with Crippen molar-refractivity contribution < 1.29 is 13.9 Å². The molecule has 0 saturated heterocycles. The molecule has 0 saturated carbocycles. The normalized spacial score (nSPS) is 10.9. The fourth-order valence-corrected chi connectivity index (χ4v) is 4.31. The average molecular weight is 391 g/mol. The zero-order chi connectivity index (χ0) is 19.5. The van der Waals surface area contributed by atoms with Gasteiger partial charge >= 0.3 is 0 Å². The number of hydrogen-bond donors (Lipinski definition) is 1. The summed E-state index contributed by atoms with van der Waals surface area (Å²) in [5, 5.41) is 3.37. The Labute approximate surface area is 166 Å². The van der Waals surface area contributed by atoms with Crippen LogP contribution in [-0.4, -0.2) is 13.0 Å². The fourth-order valence-electron chi connectivity index (χ4n) is 3.20. The number of fused-ring (bicyclic) bond motifs is 1. The first kappa shape index (κ1) is 18.3. The van der Waals surface area contributed by atoms with Crippen molar-refractivity contribution in [2.45, 2.75) is 6.61 Å². The molecular weight excluding hydrogens is 373 g/mol. The summed E-state index contributed by atoms with van der Waals surface area (Å²) in [5.74, 6) is -0.604. The number of halogens is 1. The van der Waals surface area contributed by atoms with E-state index in [2.05, 4.69) is 5.32 Å². The third-order valence-electron chi connectivity index (χ3n) is 4.51. The van der Waals surface area contributed by atoms with Crippen LogP contribution in [0.3, 0.4) is 0 Å². The number of rotatable bonds is 5. The van der Waals surface area contributed by atoms with E-state index in [1.54, 1.807) is 6.07 Å². The molecular formula is C23H18FNO2S. The van der Waals surface area contributed by atoms with E-state index in [0.717, 1.165) is 15.8 Å². The van der Waals surface area contributed by atoms with Crippen LogP contribution in [0.15, 0.2) is 72.8 Å². The van der Waals surface area contributed by atoms with E-state index in [1.807, 2.05) is 60.7 Å². The first-order valence-corrected chi connectivity index (χ1v) is 9.64. The Hall–Kier alpha value is -3.02. The second-order valence-corrected chi connectivity index (χ2v) is 7.41. The highest BCUT2D eigenvalue weighted by molar-refractivity contribution is 7.21. The lowest BCUT2D eigenvalue weighted by Gasteiger charge is -2.08. The van der Waals surface area contributed by atoms with Crippen LogP contribution in [0.2, 0.25) is 0 Å². The summed E-state index contributed by atoms with van der Waals surface area (Å²) in [7, 11) is 1.54. The van der Waals surface area contributed by atoms with E-state index in [1.165, 1.54) is 24.5 Å². The van der Waals surface area contributed by atoms with Gasteiger partial charge in [-0.2, -0.15) is 0 Å². The molecule has 0 radical (unpaired) electrons. The third-order valence-corrected chi connectivity index (χ3v) is 5.70. The summed E-state index contributed by atoms with van der Waals surface area (Å²) in [6, 6.07) is 22.5. The second-order valence-electron chi connectivity index (χ2n) is 6.35. The lowest BCUT2D eigenvalue weighted by molar-refractivity contribution is 0.102. The maximum Gasteiger partial charge on any atom is 0.266 e. The number of thiophene rings is 1. The van der Waals surface area contributed by atoms with Crippen LogP contribution in [0, 0.1) is 5.82 Å². The van der Waals surface area contributed by atoms with Crippen molar-refractivity contribution in [1.82, 2.24) is 0 Å². The molecule has 4 rings (SSSR count). The van der Waals surface area contributed by atoms with Crippen LogP contribution < -0.4 is 5.32 Å². The van der Waals surface area contributed by atoms with Crippen LogP contribution in [0.5, 0.6) is 0 Å². The second kappa shape index (κ2) is 7.92. The molecule has 1 aromatic heterocycles. The molecule has 1 heterocycles. The molecule has 0 aliphatic rings. The molecule has 28 heavy (non-hydrogen) atoms. The van der Waals surface area contributed by atoms with E-state index in [-0.39, 0.29) is 18.3 Å². The molecule has 3 nitrogen and oxygen atoms in total. The largest absolute Gasteiger partial charge is 0.380 e. The number of ether oxygens (including phenoxy) is 1. The van der Waals surface area contributed by atoms with Crippen LogP contribution in [-0.2, 0) is 11.3 Å². The van der Waals surface area contributed by atoms with Crippen LogP contribution in [0.4, 0.5) is 10.1 Å². The highest BCUT2D eigenvalue weighted by Gasteiger charge is 2.20. The van der Waals surface area contributed by atoms with E-state index >= 15 is 0 Å². The average Bonchev–Trinajstić information content (AvgIpc) is 3.09. The SMILES string of the molecule is COCc1c(C(=O)Nc2ccc(-c3ccccc3)cc2)sc2cccc(F)c12. The minimum atomic E-state index is -0.341. The molecule has 3 aromatic carbocycles. The van der Waals surface area contributed by atoms with Crippen molar-refractivity contribution in [1.29, 1.82) is 0 Å². The summed E-state index contributed by atoms with van der Waals surface area (Å²) in [6.45, 7) is 0.177. The fraction of sp³-hybridized carbons (Fsp3) is 0.0870. The van der Waals surface area contributed by atoms with Gasteiger partial charge in [0.05, 0.1) is 11.5 Å². The smallest absolute Gasteiger partial charge is 0.266 e. The number of anilines is 1. The minimum Gasteiger partial charge on any atom is -0.380 e. The highest BCUT2D eigenvalue weighted by Crippen LogP contribution is 2.34. The maximum atomic E-state index is 14.3. The van der Waals surface area contributed by atoms with Gasteiger partial charge in [0.15, 0.2) is 0 Å². The van der Waals surface area contributed by atoms with Crippen LogP contribution in [0.25, 0.3) is 21.2 Å². The number of carbonyl (C=O) groups excluding carboxylic acids is 1. The molecule has 0 bridgehead atoms. The van der Waals surface area contributed by atoms with Crippen molar-refractivity contribution in [2.24, 2.45) is 0 Å². The summed E-state index contributed by atoms with van der Waals surface area (Å²) >= 11 is 1.27. The monoisotopic (exact) mass is 391 g/mol. The van der Waals surface area contributed by atoms with Crippen molar-refractivity contribution in [3.63, 3.8) is 0 Å². The molecule has 0 atom stereocenters. The van der Waals surface area contributed by atoms with Crippen LogP contribution in [0.1, 0.15) is 15.2 Å². The van der Waals surface area contributed by atoms with Crippen molar-refractivity contribution >= 4 is 33.0 Å². The number of nitrogens with one attached hydrogen (secondary N) is 1. The zero-order valence-corrected chi connectivity index (χ0v) is 16.1. The molecule has 4 aromatic rings. The van der Waals surface area contributed by atoms with Gasteiger partial charge in [-0.25, -0.2) is 4.39 Å². The third kappa shape index (κ3) is 3.54. The minimum absolute atomic E-state index is 0.177. The molecule has 5 heteroatoms. The zero-order valence-electron chi connectivity index (χ0n) is 15.2. The molecule has 0 aliphatic carbocycles.